The Balaban J connectivity index is 1.98. The zero-order valence-electron chi connectivity index (χ0n) is 19.8. The van der Waals surface area contributed by atoms with Gasteiger partial charge in [-0.15, -0.1) is 0 Å². The first-order chi connectivity index (χ1) is 15.7. The average Bonchev–Trinajstić information content (AvgIpc) is 3.12. The molecule has 1 heterocycles. The molecule has 1 spiro atoms. The molecule has 1 aliphatic heterocycles. The van der Waals surface area contributed by atoms with Crippen molar-refractivity contribution in [2.24, 2.45) is 0 Å². The molecule has 1 aromatic carbocycles. The van der Waals surface area contributed by atoms with Gasteiger partial charge in [-0.25, -0.2) is 13.1 Å². The van der Waals surface area contributed by atoms with Crippen LogP contribution in [0.15, 0.2) is 35.2 Å². The summed E-state index contributed by atoms with van der Waals surface area (Å²) in [5, 5.41) is 9.03. The van der Waals surface area contributed by atoms with Gasteiger partial charge in [0.15, 0.2) is 9.84 Å². The monoisotopic (exact) mass is 530 g/mol. The van der Waals surface area contributed by atoms with Crippen molar-refractivity contribution < 1.29 is 17.5 Å². The van der Waals surface area contributed by atoms with Crippen LogP contribution in [0.4, 0.5) is 0 Å². The molecule has 184 valence electrons. The van der Waals surface area contributed by atoms with Crippen LogP contribution in [0.25, 0.3) is 0 Å². The van der Waals surface area contributed by atoms with Gasteiger partial charge in [-0.1, -0.05) is 59.0 Å². The van der Waals surface area contributed by atoms with Gasteiger partial charge < -0.3 is 9.05 Å². The molecule has 1 saturated heterocycles. The molecule has 0 aromatic heterocycles. The van der Waals surface area contributed by atoms with E-state index in [9.17, 15) is 8.42 Å². The fourth-order valence-electron chi connectivity index (χ4n) is 4.50. The lowest BCUT2D eigenvalue weighted by molar-refractivity contribution is 0.104. The first-order valence-electron chi connectivity index (χ1n) is 11.6. The van der Waals surface area contributed by atoms with Gasteiger partial charge in [-0.2, -0.15) is 5.26 Å². The van der Waals surface area contributed by atoms with Gasteiger partial charge in [-0.3, -0.25) is 0 Å². The second-order valence-corrected chi connectivity index (χ2v) is 15.6. The van der Waals surface area contributed by atoms with E-state index in [-0.39, 0.29) is 29.9 Å². The molecule has 6 nitrogen and oxygen atoms in total. The Morgan fingerprint density at radius 1 is 1.15 bits per heavy atom. The zero-order valence-corrected chi connectivity index (χ0v) is 23.2. The van der Waals surface area contributed by atoms with Gasteiger partial charge in [0.1, 0.15) is 10.7 Å². The molecule has 10 heteroatoms. The van der Waals surface area contributed by atoms with Crippen LogP contribution in [0.2, 0.25) is 0 Å². The van der Waals surface area contributed by atoms with Crippen LogP contribution in [-0.4, -0.2) is 47.2 Å². The van der Waals surface area contributed by atoms with Crippen molar-refractivity contribution in [2.75, 3.05) is 6.61 Å². The number of hydrogen-bond acceptors (Lipinski definition) is 8. The Morgan fingerprint density at radius 3 is 2.36 bits per heavy atom. The molecule has 2 aliphatic rings. The summed E-state index contributed by atoms with van der Waals surface area (Å²) in [5.74, 6) is 0. The van der Waals surface area contributed by atoms with Crippen LogP contribution in [0.1, 0.15) is 66.2 Å². The van der Waals surface area contributed by atoms with E-state index in [1.54, 1.807) is 35.1 Å². The summed E-state index contributed by atoms with van der Waals surface area (Å²) in [5.41, 5.74) is 0. The van der Waals surface area contributed by atoms with Crippen molar-refractivity contribution in [3.8, 4) is 6.07 Å². The quantitative estimate of drug-likeness (QED) is 0.192. The third-order valence-corrected chi connectivity index (χ3v) is 14.7. The minimum atomic E-state index is -3.60. The molecule has 2 unspecified atom stereocenters. The van der Waals surface area contributed by atoms with Crippen molar-refractivity contribution in [2.45, 2.75) is 98.6 Å². The Kier molecular flexibility index (Phi) is 9.97. The number of nitriles is 1. The summed E-state index contributed by atoms with van der Waals surface area (Å²) < 4.78 is 41.7. The minimum absolute atomic E-state index is 0.159. The molecular weight excluding hydrogens is 495 g/mol. The molecule has 1 saturated carbocycles. The Morgan fingerprint density at radius 2 is 1.79 bits per heavy atom. The van der Waals surface area contributed by atoms with Crippen molar-refractivity contribution in [3.63, 3.8) is 0 Å². The van der Waals surface area contributed by atoms with Crippen LogP contribution in [0, 0.1) is 11.3 Å². The van der Waals surface area contributed by atoms with E-state index >= 15 is 0 Å². The SMILES string of the molecule is CC(C)N(C(C)C)P(OCCC#N)O[C@@H]1C(S(=O)(=O)c2ccccc2)SSC12CCCCC2. The second kappa shape index (κ2) is 12.1. The highest BCUT2D eigenvalue weighted by Gasteiger charge is 2.57. The lowest BCUT2D eigenvalue weighted by Crippen LogP contribution is -2.47. The van der Waals surface area contributed by atoms with E-state index in [4.69, 9.17) is 14.3 Å². The Labute approximate surface area is 208 Å². The molecule has 1 aromatic rings. The van der Waals surface area contributed by atoms with E-state index in [0.29, 0.717) is 4.90 Å². The first kappa shape index (κ1) is 27.3. The highest BCUT2D eigenvalue weighted by molar-refractivity contribution is 8.79. The predicted octanol–water partition coefficient (Wildman–Crippen LogP) is 6.55. The van der Waals surface area contributed by atoms with Crippen LogP contribution in [-0.2, 0) is 18.9 Å². The summed E-state index contributed by atoms with van der Waals surface area (Å²) in [4.78, 5) is 0.337. The Bertz CT molecular complexity index is 894. The smallest absolute Gasteiger partial charge is 0.259 e. The number of nitrogens with zero attached hydrogens (tertiary/aromatic N) is 2. The summed E-state index contributed by atoms with van der Waals surface area (Å²) in [6.45, 7) is 8.66. The largest absolute Gasteiger partial charge is 0.321 e. The van der Waals surface area contributed by atoms with Crippen molar-refractivity contribution >= 4 is 40.0 Å². The molecule has 0 N–H and O–H groups in total. The van der Waals surface area contributed by atoms with Gasteiger partial charge >= 0.3 is 0 Å². The molecule has 1 aliphatic carbocycles. The van der Waals surface area contributed by atoms with Crippen molar-refractivity contribution in [1.29, 1.82) is 5.26 Å². The van der Waals surface area contributed by atoms with Gasteiger partial charge in [0.25, 0.3) is 8.53 Å². The average molecular weight is 531 g/mol. The summed E-state index contributed by atoms with van der Waals surface area (Å²) in [6.07, 6.45) is 5.02. The number of hydrogen-bond donors (Lipinski definition) is 0. The minimum Gasteiger partial charge on any atom is -0.321 e. The third kappa shape index (κ3) is 6.27. The van der Waals surface area contributed by atoms with E-state index < -0.39 is 29.0 Å². The molecule has 3 rings (SSSR count). The van der Waals surface area contributed by atoms with Crippen molar-refractivity contribution in [3.05, 3.63) is 30.3 Å². The molecule has 33 heavy (non-hydrogen) atoms. The summed E-state index contributed by atoms with van der Waals surface area (Å²) in [6, 6.07) is 11.2. The predicted molar refractivity (Wildman–Crippen MR) is 138 cm³/mol. The maximum absolute atomic E-state index is 13.7. The van der Waals surface area contributed by atoms with E-state index in [2.05, 4.69) is 38.4 Å². The second-order valence-electron chi connectivity index (χ2n) is 9.10. The third-order valence-electron chi connectivity index (χ3n) is 6.02. The highest BCUT2D eigenvalue weighted by atomic mass is 33.1. The maximum Gasteiger partial charge on any atom is 0.259 e. The lowest BCUT2D eigenvalue weighted by atomic mass is 9.84. The van der Waals surface area contributed by atoms with Gasteiger partial charge in [0.05, 0.1) is 28.7 Å². The summed E-state index contributed by atoms with van der Waals surface area (Å²) >= 11 is 0. The Hall–Kier alpha value is -0.330. The first-order valence-corrected chi connectivity index (χ1v) is 16.5. The lowest BCUT2D eigenvalue weighted by Gasteiger charge is -2.42. The number of rotatable bonds is 10. The fourth-order valence-corrected chi connectivity index (χ4v) is 13.6. The van der Waals surface area contributed by atoms with Crippen molar-refractivity contribution in [1.82, 2.24) is 4.67 Å². The fraction of sp³-hybridized carbons (Fsp3) is 0.696. The van der Waals surface area contributed by atoms with Gasteiger partial charge in [0, 0.05) is 12.1 Å². The molecule has 3 atom stereocenters. The topological polar surface area (TPSA) is 79.6 Å². The normalized spacial score (nSPS) is 23.9. The molecule has 0 radical (unpaired) electrons. The number of sulfone groups is 1. The zero-order chi connectivity index (χ0) is 24.1. The molecule has 0 amide bonds. The summed E-state index contributed by atoms with van der Waals surface area (Å²) in [7, 11) is -1.98. The number of benzene rings is 1. The maximum atomic E-state index is 13.7. The van der Waals surface area contributed by atoms with E-state index in [1.807, 2.05) is 6.07 Å². The van der Waals surface area contributed by atoms with E-state index in [1.165, 1.54) is 17.2 Å². The van der Waals surface area contributed by atoms with E-state index in [0.717, 1.165) is 25.7 Å². The van der Waals surface area contributed by atoms with Crippen LogP contribution < -0.4 is 0 Å². The standard InChI is InChI=1S/C23H35N2O4PS3/c1-18(2)25(19(3)4)30(28-17-11-16-24)29-21-22(31-32-23(21)14-9-6-10-15-23)33(26,27)20-12-7-5-8-13-20/h5,7-8,12-13,18-19,21-22H,6,9-11,14-15,17H2,1-4H3/t21-,22?,30?/m1/s1. The highest BCUT2D eigenvalue weighted by Crippen LogP contribution is 2.63. The molecule has 0 bridgehead atoms. The molecular formula is C23H35N2O4PS3. The van der Waals surface area contributed by atoms with Gasteiger partial charge in [-0.05, 0) is 52.7 Å². The van der Waals surface area contributed by atoms with Crippen LogP contribution >= 0.6 is 30.1 Å². The van der Waals surface area contributed by atoms with Gasteiger partial charge in [0.2, 0.25) is 0 Å². The van der Waals surface area contributed by atoms with Crippen LogP contribution in [0.5, 0.6) is 0 Å². The molecule has 2 fully saturated rings. The van der Waals surface area contributed by atoms with Crippen LogP contribution in [0.3, 0.4) is 0 Å².